The number of anilines is 1. The molecule has 0 amide bonds. The van der Waals surface area contributed by atoms with Crippen molar-refractivity contribution in [2.45, 2.75) is 26.8 Å². The summed E-state index contributed by atoms with van der Waals surface area (Å²) in [6.07, 6.45) is 1.32. The maximum Gasteiger partial charge on any atom is 0.125 e. The number of hydrogen-bond donors (Lipinski definition) is 1. The highest BCUT2D eigenvalue weighted by Gasteiger charge is 2.24. The molecule has 3 nitrogen and oxygen atoms in total. The third-order valence-electron chi connectivity index (χ3n) is 3.74. The van der Waals surface area contributed by atoms with Crippen LogP contribution in [0.2, 0.25) is 0 Å². The van der Waals surface area contributed by atoms with Gasteiger partial charge in [0.2, 0.25) is 0 Å². The Kier molecular flexibility index (Phi) is 4.12. The van der Waals surface area contributed by atoms with Gasteiger partial charge in [-0.3, -0.25) is 0 Å². The standard InChI is InChI=1S/C15H24N2O/c1-11-7-12(2)10-17(9-11)14-5-4-6-15(18-3)13(14)8-16/h4-6,11-12H,7-10,16H2,1-3H3. The van der Waals surface area contributed by atoms with Crippen molar-refractivity contribution in [1.82, 2.24) is 0 Å². The smallest absolute Gasteiger partial charge is 0.125 e. The quantitative estimate of drug-likeness (QED) is 0.893. The van der Waals surface area contributed by atoms with Gasteiger partial charge in [0.05, 0.1) is 7.11 Å². The maximum atomic E-state index is 5.90. The second kappa shape index (κ2) is 5.61. The number of ether oxygens (including phenoxy) is 1. The highest BCUT2D eigenvalue weighted by atomic mass is 16.5. The molecule has 3 heteroatoms. The summed E-state index contributed by atoms with van der Waals surface area (Å²) in [6, 6.07) is 6.20. The van der Waals surface area contributed by atoms with Crippen LogP contribution in [0, 0.1) is 11.8 Å². The Morgan fingerprint density at radius 1 is 1.28 bits per heavy atom. The second-order valence-corrected chi connectivity index (χ2v) is 5.51. The average Bonchev–Trinajstić information content (AvgIpc) is 2.36. The molecule has 1 aromatic rings. The van der Waals surface area contributed by atoms with E-state index in [0.717, 1.165) is 36.2 Å². The number of piperidine rings is 1. The van der Waals surface area contributed by atoms with E-state index in [-0.39, 0.29) is 0 Å². The molecular formula is C15H24N2O. The zero-order valence-corrected chi connectivity index (χ0v) is 11.6. The van der Waals surface area contributed by atoms with Crippen LogP contribution < -0.4 is 15.4 Å². The topological polar surface area (TPSA) is 38.5 Å². The van der Waals surface area contributed by atoms with Crippen molar-refractivity contribution in [2.75, 3.05) is 25.1 Å². The first-order chi connectivity index (χ1) is 8.65. The van der Waals surface area contributed by atoms with Gasteiger partial charge in [-0.2, -0.15) is 0 Å². The molecule has 0 bridgehead atoms. The van der Waals surface area contributed by atoms with Gasteiger partial charge in [-0.05, 0) is 30.4 Å². The minimum atomic E-state index is 0.526. The zero-order valence-electron chi connectivity index (χ0n) is 11.6. The van der Waals surface area contributed by atoms with Gasteiger partial charge in [0.1, 0.15) is 5.75 Å². The van der Waals surface area contributed by atoms with Crippen LogP contribution in [-0.4, -0.2) is 20.2 Å². The van der Waals surface area contributed by atoms with Crippen molar-refractivity contribution in [3.8, 4) is 5.75 Å². The van der Waals surface area contributed by atoms with Gasteiger partial charge < -0.3 is 15.4 Å². The highest BCUT2D eigenvalue weighted by molar-refractivity contribution is 5.59. The molecule has 1 aromatic carbocycles. The number of hydrogen-bond acceptors (Lipinski definition) is 3. The summed E-state index contributed by atoms with van der Waals surface area (Å²) in [6.45, 7) is 7.41. The molecule has 2 rings (SSSR count). The van der Waals surface area contributed by atoms with Crippen LogP contribution in [0.1, 0.15) is 25.8 Å². The number of nitrogens with zero attached hydrogens (tertiary/aromatic N) is 1. The van der Waals surface area contributed by atoms with E-state index in [0.29, 0.717) is 6.54 Å². The summed E-state index contributed by atoms with van der Waals surface area (Å²) < 4.78 is 5.41. The molecule has 18 heavy (non-hydrogen) atoms. The maximum absolute atomic E-state index is 5.90. The van der Waals surface area contributed by atoms with Crippen LogP contribution >= 0.6 is 0 Å². The molecule has 0 spiro atoms. The molecule has 2 unspecified atom stereocenters. The molecule has 2 N–H and O–H groups in total. The lowest BCUT2D eigenvalue weighted by Crippen LogP contribution is -2.39. The van der Waals surface area contributed by atoms with Crippen molar-refractivity contribution < 1.29 is 4.74 Å². The molecular weight excluding hydrogens is 224 g/mol. The Balaban J connectivity index is 2.32. The molecule has 1 aliphatic rings. The van der Waals surface area contributed by atoms with E-state index in [4.69, 9.17) is 10.5 Å². The van der Waals surface area contributed by atoms with Crippen LogP contribution in [0.15, 0.2) is 18.2 Å². The molecule has 0 aromatic heterocycles. The van der Waals surface area contributed by atoms with Crippen molar-refractivity contribution in [2.24, 2.45) is 17.6 Å². The Hall–Kier alpha value is -1.22. The first-order valence-electron chi connectivity index (χ1n) is 6.76. The molecule has 100 valence electrons. The number of rotatable bonds is 3. The molecule has 1 fully saturated rings. The fourth-order valence-electron chi connectivity index (χ4n) is 3.11. The van der Waals surface area contributed by atoms with Crippen molar-refractivity contribution in [3.63, 3.8) is 0 Å². The van der Waals surface area contributed by atoms with Crippen LogP contribution in [0.4, 0.5) is 5.69 Å². The fraction of sp³-hybridized carbons (Fsp3) is 0.600. The van der Waals surface area contributed by atoms with E-state index in [1.54, 1.807) is 7.11 Å². The molecule has 2 atom stereocenters. The summed E-state index contributed by atoms with van der Waals surface area (Å²) in [5.41, 5.74) is 8.27. The molecule has 0 radical (unpaired) electrons. The first kappa shape index (κ1) is 13.2. The third kappa shape index (κ3) is 2.61. The summed E-state index contributed by atoms with van der Waals surface area (Å²) in [5.74, 6) is 2.39. The number of methoxy groups -OCH3 is 1. The van der Waals surface area contributed by atoms with Crippen molar-refractivity contribution in [1.29, 1.82) is 0 Å². The Morgan fingerprint density at radius 3 is 2.50 bits per heavy atom. The van der Waals surface area contributed by atoms with Gasteiger partial charge in [-0.25, -0.2) is 0 Å². The minimum absolute atomic E-state index is 0.526. The zero-order chi connectivity index (χ0) is 13.1. The van der Waals surface area contributed by atoms with Gasteiger partial charge in [-0.15, -0.1) is 0 Å². The average molecular weight is 248 g/mol. The van der Waals surface area contributed by atoms with Gasteiger partial charge in [-0.1, -0.05) is 19.9 Å². The first-order valence-corrected chi connectivity index (χ1v) is 6.76. The van der Waals surface area contributed by atoms with E-state index in [9.17, 15) is 0 Å². The largest absolute Gasteiger partial charge is 0.496 e. The Bertz CT molecular complexity index is 395. The molecule has 1 aliphatic heterocycles. The molecule has 0 aliphatic carbocycles. The van der Waals surface area contributed by atoms with E-state index >= 15 is 0 Å². The van der Waals surface area contributed by atoms with Gasteiger partial charge >= 0.3 is 0 Å². The van der Waals surface area contributed by atoms with E-state index in [2.05, 4.69) is 30.9 Å². The number of nitrogens with two attached hydrogens (primary N) is 1. The minimum Gasteiger partial charge on any atom is -0.496 e. The lowest BCUT2D eigenvalue weighted by atomic mass is 9.91. The third-order valence-corrected chi connectivity index (χ3v) is 3.74. The highest BCUT2D eigenvalue weighted by Crippen LogP contribution is 2.33. The second-order valence-electron chi connectivity index (χ2n) is 5.51. The fourth-order valence-corrected chi connectivity index (χ4v) is 3.11. The van der Waals surface area contributed by atoms with Gasteiger partial charge in [0.15, 0.2) is 0 Å². The summed E-state index contributed by atoms with van der Waals surface area (Å²) >= 11 is 0. The summed E-state index contributed by atoms with van der Waals surface area (Å²) in [4.78, 5) is 2.46. The Labute approximate surface area is 110 Å². The van der Waals surface area contributed by atoms with Crippen LogP contribution in [-0.2, 0) is 6.54 Å². The lowest BCUT2D eigenvalue weighted by molar-refractivity contribution is 0.355. The van der Waals surface area contributed by atoms with Gasteiger partial charge in [0.25, 0.3) is 0 Å². The van der Waals surface area contributed by atoms with Crippen LogP contribution in [0.5, 0.6) is 5.75 Å². The van der Waals surface area contributed by atoms with Crippen molar-refractivity contribution in [3.05, 3.63) is 23.8 Å². The molecule has 1 heterocycles. The SMILES string of the molecule is COc1cccc(N2CC(C)CC(C)C2)c1CN. The van der Waals surface area contributed by atoms with Crippen molar-refractivity contribution >= 4 is 5.69 Å². The van der Waals surface area contributed by atoms with E-state index < -0.39 is 0 Å². The predicted molar refractivity (Wildman–Crippen MR) is 76.0 cm³/mol. The van der Waals surface area contributed by atoms with Crippen LogP contribution in [0.25, 0.3) is 0 Å². The predicted octanol–water partition coefficient (Wildman–Crippen LogP) is 2.64. The normalized spacial score (nSPS) is 24.1. The van der Waals surface area contributed by atoms with E-state index in [1.165, 1.54) is 12.1 Å². The van der Waals surface area contributed by atoms with E-state index in [1.807, 2.05) is 6.07 Å². The lowest BCUT2D eigenvalue weighted by Gasteiger charge is -2.37. The summed E-state index contributed by atoms with van der Waals surface area (Å²) in [7, 11) is 1.71. The molecule has 0 saturated carbocycles. The van der Waals surface area contributed by atoms with Crippen LogP contribution in [0.3, 0.4) is 0 Å². The van der Waals surface area contributed by atoms with Gasteiger partial charge in [0, 0.05) is 30.9 Å². The monoisotopic (exact) mass is 248 g/mol. The Morgan fingerprint density at radius 2 is 1.94 bits per heavy atom. The number of benzene rings is 1. The molecule has 1 saturated heterocycles. The summed E-state index contributed by atoms with van der Waals surface area (Å²) in [5, 5.41) is 0.